The number of rotatable bonds is 6. The fourth-order valence-electron chi connectivity index (χ4n) is 1.72. The molecule has 1 aromatic carbocycles. The van der Waals surface area contributed by atoms with Crippen LogP contribution in [0.5, 0.6) is 5.75 Å². The molecule has 0 aromatic heterocycles. The molecule has 1 aromatic rings. The molecule has 1 amide bonds. The summed E-state index contributed by atoms with van der Waals surface area (Å²) in [5.41, 5.74) is 3.40. The number of nitrogens with two attached hydrogens (primary N) is 1. The van der Waals surface area contributed by atoms with E-state index in [0.29, 0.717) is 12.3 Å². The van der Waals surface area contributed by atoms with Crippen molar-refractivity contribution in [1.29, 1.82) is 0 Å². The van der Waals surface area contributed by atoms with Gasteiger partial charge < -0.3 is 4.74 Å². The summed E-state index contributed by atoms with van der Waals surface area (Å²) in [6.07, 6.45) is 2.28. The van der Waals surface area contributed by atoms with Gasteiger partial charge in [-0.3, -0.25) is 10.2 Å². The van der Waals surface area contributed by atoms with Gasteiger partial charge in [0.2, 0.25) is 5.91 Å². The summed E-state index contributed by atoms with van der Waals surface area (Å²) in [4.78, 5) is 11.0. The van der Waals surface area contributed by atoms with E-state index in [2.05, 4.69) is 24.5 Å². The Balaban J connectivity index is 2.39. The number of hydrazine groups is 1. The quantitative estimate of drug-likeness (QED) is 0.448. The maximum absolute atomic E-state index is 11.0. The van der Waals surface area contributed by atoms with Crippen LogP contribution in [0.25, 0.3) is 0 Å². The predicted octanol–water partition coefficient (Wildman–Crippen LogP) is 1.64. The number of carbonyl (C=O) groups is 1. The van der Waals surface area contributed by atoms with Crippen LogP contribution in [0.3, 0.4) is 0 Å². The monoisotopic (exact) mass is 236 g/mol. The van der Waals surface area contributed by atoms with Crippen molar-refractivity contribution in [1.82, 2.24) is 5.43 Å². The molecule has 3 N–H and O–H groups in total. The third-order valence-electron chi connectivity index (χ3n) is 2.77. The second-order valence-electron chi connectivity index (χ2n) is 4.26. The van der Waals surface area contributed by atoms with Crippen LogP contribution in [0.2, 0.25) is 0 Å². The van der Waals surface area contributed by atoms with E-state index in [-0.39, 0.29) is 5.91 Å². The molecular formula is C13H20N2O2. The number of nitrogens with one attached hydrogen (secondary N) is 1. The van der Waals surface area contributed by atoms with Crippen molar-refractivity contribution >= 4 is 5.91 Å². The zero-order valence-electron chi connectivity index (χ0n) is 10.4. The van der Waals surface area contributed by atoms with Gasteiger partial charge in [-0.2, -0.15) is 0 Å². The molecule has 0 spiro atoms. The SMILES string of the molecule is COc1ccc(CC(C)CCC(=O)NN)cc1. The molecule has 1 rings (SSSR count). The number of benzene rings is 1. The highest BCUT2D eigenvalue weighted by atomic mass is 16.5. The summed E-state index contributed by atoms with van der Waals surface area (Å²) in [6.45, 7) is 2.13. The van der Waals surface area contributed by atoms with Crippen molar-refractivity contribution in [2.24, 2.45) is 11.8 Å². The third-order valence-corrected chi connectivity index (χ3v) is 2.77. The molecule has 0 radical (unpaired) electrons. The molecule has 0 fully saturated rings. The molecule has 0 heterocycles. The van der Waals surface area contributed by atoms with Crippen molar-refractivity contribution in [3.05, 3.63) is 29.8 Å². The van der Waals surface area contributed by atoms with E-state index in [1.807, 2.05) is 12.1 Å². The van der Waals surface area contributed by atoms with Crippen LogP contribution in [-0.4, -0.2) is 13.0 Å². The molecular weight excluding hydrogens is 216 g/mol. The number of carbonyl (C=O) groups excluding carboxylic acids is 1. The summed E-state index contributed by atoms with van der Waals surface area (Å²) in [7, 11) is 1.66. The second kappa shape index (κ2) is 6.91. The molecule has 0 bridgehead atoms. The molecule has 4 heteroatoms. The Hall–Kier alpha value is -1.55. The Bertz CT molecular complexity index is 349. The molecule has 94 valence electrons. The fraction of sp³-hybridized carbons (Fsp3) is 0.462. The number of hydrogen-bond donors (Lipinski definition) is 2. The van der Waals surface area contributed by atoms with E-state index in [1.54, 1.807) is 7.11 Å². The lowest BCUT2D eigenvalue weighted by Gasteiger charge is -2.11. The van der Waals surface area contributed by atoms with Gasteiger partial charge >= 0.3 is 0 Å². The van der Waals surface area contributed by atoms with Gasteiger partial charge in [-0.1, -0.05) is 19.1 Å². The van der Waals surface area contributed by atoms with Crippen LogP contribution in [0.4, 0.5) is 0 Å². The number of ether oxygens (including phenoxy) is 1. The fourth-order valence-corrected chi connectivity index (χ4v) is 1.72. The summed E-state index contributed by atoms with van der Waals surface area (Å²) in [5, 5.41) is 0. The van der Waals surface area contributed by atoms with Crippen LogP contribution in [0.1, 0.15) is 25.3 Å². The molecule has 17 heavy (non-hydrogen) atoms. The van der Waals surface area contributed by atoms with Crippen LogP contribution in [-0.2, 0) is 11.2 Å². The second-order valence-corrected chi connectivity index (χ2v) is 4.26. The summed E-state index contributed by atoms with van der Waals surface area (Å²) < 4.78 is 5.10. The molecule has 1 unspecified atom stereocenters. The summed E-state index contributed by atoms with van der Waals surface area (Å²) in [5.74, 6) is 6.25. The summed E-state index contributed by atoms with van der Waals surface area (Å²) in [6, 6.07) is 8.01. The minimum atomic E-state index is -0.105. The van der Waals surface area contributed by atoms with Gasteiger partial charge in [0.05, 0.1) is 7.11 Å². The van der Waals surface area contributed by atoms with Gasteiger partial charge in [0.15, 0.2) is 0 Å². The Labute approximate surface area is 102 Å². The zero-order chi connectivity index (χ0) is 12.7. The molecule has 0 saturated carbocycles. The van der Waals surface area contributed by atoms with E-state index >= 15 is 0 Å². The van der Waals surface area contributed by atoms with Gasteiger partial charge in [0.25, 0.3) is 0 Å². The maximum Gasteiger partial charge on any atom is 0.233 e. The van der Waals surface area contributed by atoms with Gasteiger partial charge in [0, 0.05) is 6.42 Å². The Morgan fingerprint density at radius 2 is 2.06 bits per heavy atom. The largest absolute Gasteiger partial charge is 0.497 e. The first-order valence-corrected chi connectivity index (χ1v) is 5.78. The van der Waals surface area contributed by atoms with Crippen LogP contribution in [0.15, 0.2) is 24.3 Å². The highest BCUT2D eigenvalue weighted by Crippen LogP contribution is 2.17. The minimum absolute atomic E-state index is 0.105. The van der Waals surface area contributed by atoms with Crippen LogP contribution >= 0.6 is 0 Å². The van der Waals surface area contributed by atoms with E-state index in [9.17, 15) is 4.79 Å². The van der Waals surface area contributed by atoms with E-state index in [4.69, 9.17) is 10.6 Å². The van der Waals surface area contributed by atoms with Crippen LogP contribution < -0.4 is 16.0 Å². The molecule has 0 saturated heterocycles. The van der Waals surface area contributed by atoms with Crippen molar-refractivity contribution in [2.45, 2.75) is 26.2 Å². The standard InChI is InChI=1S/C13H20N2O2/c1-10(3-8-13(16)15-14)9-11-4-6-12(17-2)7-5-11/h4-7,10H,3,8-9,14H2,1-2H3,(H,15,16). The van der Waals surface area contributed by atoms with Gasteiger partial charge in [-0.15, -0.1) is 0 Å². The normalized spacial score (nSPS) is 11.9. The number of methoxy groups -OCH3 is 1. The topological polar surface area (TPSA) is 64.3 Å². The van der Waals surface area contributed by atoms with Crippen molar-refractivity contribution in [3.8, 4) is 5.75 Å². The maximum atomic E-state index is 11.0. The first-order chi connectivity index (χ1) is 8.15. The highest BCUT2D eigenvalue weighted by molar-refractivity contribution is 5.75. The van der Waals surface area contributed by atoms with Crippen molar-refractivity contribution in [3.63, 3.8) is 0 Å². The molecule has 4 nitrogen and oxygen atoms in total. The Morgan fingerprint density at radius 3 is 2.59 bits per heavy atom. The predicted molar refractivity (Wildman–Crippen MR) is 67.4 cm³/mol. The number of amides is 1. The third kappa shape index (κ3) is 4.87. The van der Waals surface area contributed by atoms with Gasteiger partial charge in [-0.05, 0) is 36.5 Å². The first kappa shape index (κ1) is 13.5. The van der Waals surface area contributed by atoms with Gasteiger partial charge in [-0.25, -0.2) is 5.84 Å². The lowest BCUT2D eigenvalue weighted by atomic mass is 9.96. The molecule has 0 aliphatic heterocycles. The van der Waals surface area contributed by atoms with E-state index in [1.165, 1.54) is 5.56 Å². The summed E-state index contributed by atoms with van der Waals surface area (Å²) >= 11 is 0. The van der Waals surface area contributed by atoms with Gasteiger partial charge in [0.1, 0.15) is 5.75 Å². The van der Waals surface area contributed by atoms with E-state index in [0.717, 1.165) is 18.6 Å². The average molecular weight is 236 g/mol. The van der Waals surface area contributed by atoms with E-state index < -0.39 is 0 Å². The molecule has 0 aliphatic rings. The Kier molecular flexibility index (Phi) is 5.49. The van der Waals surface area contributed by atoms with Crippen molar-refractivity contribution in [2.75, 3.05) is 7.11 Å². The number of hydrogen-bond acceptors (Lipinski definition) is 3. The molecule has 1 atom stereocenters. The first-order valence-electron chi connectivity index (χ1n) is 5.78. The van der Waals surface area contributed by atoms with Crippen LogP contribution in [0, 0.1) is 5.92 Å². The lowest BCUT2D eigenvalue weighted by Crippen LogP contribution is -2.30. The average Bonchev–Trinajstić information content (AvgIpc) is 2.36. The Morgan fingerprint density at radius 1 is 1.41 bits per heavy atom. The van der Waals surface area contributed by atoms with Crippen molar-refractivity contribution < 1.29 is 9.53 Å². The highest BCUT2D eigenvalue weighted by Gasteiger charge is 2.07. The lowest BCUT2D eigenvalue weighted by molar-refractivity contribution is -0.121. The molecule has 0 aliphatic carbocycles. The zero-order valence-corrected chi connectivity index (χ0v) is 10.4. The smallest absolute Gasteiger partial charge is 0.233 e. The minimum Gasteiger partial charge on any atom is -0.497 e.